The third-order valence-corrected chi connectivity index (χ3v) is 4.33. The van der Waals surface area contributed by atoms with Gasteiger partial charge in [0.1, 0.15) is 5.76 Å². The molecule has 0 aliphatic heterocycles. The highest BCUT2D eigenvalue weighted by molar-refractivity contribution is 7.80. The molecule has 0 bridgehead atoms. The summed E-state index contributed by atoms with van der Waals surface area (Å²) in [4.78, 5) is 13.6. The number of nitrogens with zero attached hydrogens (tertiary/aromatic N) is 3. The van der Waals surface area contributed by atoms with Crippen LogP contribution in [0.4, 0.5) is 5.95 Å². The van der Waals surface area contributed by atoms with Crippen LogP contribution in [-0.2, 0) is 6.54 Å². The van der Waals surface area contributed by atoms with Crippen molar-refractivity contribution in [2.45, 2.75) is 52.1 Å². The summed E-state index contributed by atoms with van der Waals surface area (Å²) in [6.45, 7) is 4.39. The number of anilines is 1. The Morgan fingerprint density at radius 3 is 2.65 bits per heavy atom. The van der Waals surface area contributed by atoms with Crippen molar-refractivity contribution in [2.24, 2.45) is 4.99 Å². The van der Waals surface area contributed by atoms with Crippen LogP contribution in [0.5, 0.6) is 0 Å². The predicted molar refractivity (Wildman–Crippen MR) is 106 cm³/mol. The van der Waals surface area contributed by atoms with Crippen molar-refractivity contribution < 1.29 is 4.42 Å². The Morgan fingerprint density at radius 2 is 2.00 bits per heavy atom. The maximum Gasteiger partial charge on any atom is 0.229 e. The smallest absolute Gasteiger partial charge is 0.229 e. The SMILES string of the molecule is Cc1cc(C)nc(NC(=NC2CCCC2)NC(=S)NCc2ccco2)n1. The number of aromatic nitrogens is 2. The lowest BCUT2D eigenvalue weighted by Crippen LogP contribution is -2.43. The van der Waals surface area contributed by atoms with Gasteiger partial charge in [0.05, 0.1) is 18.8 Å². The Balaban J connectivity index is 1.67. The van der Waals surface area contributed by atoms with Crippen molar-refractivity contribution in [1.82, 2.24) is 20.6 Å². The first-order valence-corrected chi connectivity index (χ1v) is 9.23. The second kappa shape index (κ2) is 8.75. The van der Waals surface area contributed by atoms with E-state index in [-0.39, 0.29) is 0 Å². The van der Waals surface area contributed by atoms with Crippen molar-refractivity contribution in [1.29, 1.82) is 0 Å². The zero-order valence-corrected chi connectivity index (χ0v) is 15.9. The van der Waals surface area contributed by atoms with Crippen molar-refractivity contribution in [3.63, 3.8) is 0 Å². The molecule has 0 atom stereocenters. The number of hydrogen-bond acceptors (Lipinski definition) is 5. The zero-order chi connectivity index (χ0) is 18.4. The molecule has 2 aromatic heterocycles. The predicted octanol–water partition coefficient (Wildman–Crippen LogP) is 3.06. The molecule has 0 unspecified atom stereocenters. The first-order valence-electron chi connectivity index (χ1n) is 8.83. The second-order valence-electron chi connectivity index (χ2n) is 6.40. The monoisotopic (exact) mass is 372 g/mol. The molecule has 8 heteroatoms. The Kier molecular flexibility index (Phi) is 6.17. The highest BCUT2D eigenvalue weighted by atomic mass is 32.1. The summed E-state index contributed by atoms with van der Waals surface area (Å²) in [6.07, 6.45) is 6.24. The van der Waals surface area contributed by atoms with Crippen LogP contribution in [0.2, 0.25) is 0 Å². The normalized spacial score (nSPS) is 15.1. The number of hydrogen-bond donors (Lipinski definition) is 3. The molecule has 1 aliphatic rings. The molecule has 138 valence electrons. The highest BCUT2D eigenvalue weighted by Crippen LogP contribution is 2.21. The van der Waals surface area contributed by atoms with Gasteiger partial charge in [0.25, 0.3) is 0 Å². The summed E-state index contributed by atoms with van der Waals surface area (Å²) in [6, 6.07) is 5.97. The third kappa shape index (κ3) is 5.52. The third-order valence-electron chi connectivity index (χ3n) is 4.08. The molecule has 0 radical (unpaired) electrons. The molecule has 2 aromatic rings. The maximum absolute atomic E-state index is 5.39. The number of rotatable bonds is 4. The fourth-order valence-corrected chi connectivity index (χ4v) is 3.10. The number of nitrogens with one attached hydrogen (secondary N) is 3. The van der Waals surface area contributed by atoms with Gasteiger partial charge in [0, 0.05) is 11.4 Å². The Morgan fingerprint density at radius 1 is 1.27 bits per heavy atom. The van der Waals surface area contributed by atoms with Gasteiger partial charge < -0.3 is 15.1 Å². The van der Waals surface area contributed by atoms with Crippen LogP contribution in [-0.4, -0.2) is 27.1 Å². The summed E-state index contributed by atoms with van der Waals surface area (Å²) in [5.74, 6) is 1.90. The van der Waals surface area contributed by atoms with Gasteiger partial charge in [-0.15, -0.1) is 0 Å². The van der Waals surface area contributed by atoms with Crippen LogP contribution in [0.15, 0.2) is 33.9 Å². The van der Waals surface area contributed by atoms with E-state index < -0.39 is 0 Å². The topological polar surface area (TPSA) is 87.4 Å². The lowest BCUT2D eigenvalue weighted by molar-refractivity contribution is 0.503. The minimum absolute atomic E-state index is 0.295. The minimum atomic E-state index is 0.295. The molecule has 3 rings (SSSR count). The van der Waals surface area contributed by atoms with Crippen molar-refractivity contribution in [2.75, 3.05) is 5.32 Å². The number of aliphatic imine (C=N–C) groups is 1. The van der Waals surface area contributed by atoms with Crippen LogP contribution in [0.25, 0.3) is 0 Å². The average Bonchev–Trinajstić information content (AvgIpc) is 3.25. The largest absolute Gasteiger partial charge is 0.467 e. The van der Waals surface area contributed by atoms with E-state index in [0.29, 0.717) is 29.6 Å². The quantitative estimate of drug-likeness (QED) is 0.432. The fraction of sp³-hybridized carbons (Fsp3) is 0.444. The van der Waals surface area contributed by atoms with E-state index in [0.717, 1.165) is 30.0 Å². The van der Waals surface area contributed by atoms with Crippen LogP contribution < -0.4 is 16.0 Å². The van der Waals surface area contributed by atoms with E-state index in [1.807, 2.05) is 32.0 Å². The van der Waals surface area contributed by atoms with Gasteiger partial charge in [0.2, 0.25) is 11.9 Å². The molecule has 1 saturated carbocycles. The summed E-state index contributed by atoms with van der Waals surface area (Å²) >= 11 is 5.39. The minimum Gasteiger partial charge on any atom is -0.467 e. The molecule has 0 aromatic carbocycles. The summed E-state index contributed by atoms with van der Waals surface area (Å²) in [5, 5.41) is 9.89. The van der Waals surface area contributed by atoms with Gasteiger partial charge in [-0.25, -0.2) is 15.0 Å². The zero-order valence-electron chi connectivity index (χ0n) is 15.1. The van der Waals surface area contributed by atoms with Crippen molar-refractivity contribution >= 4 is 29.2 Å². The molecule has 1 aliphatic carbocycles. The summed E-state index contributed by atoms with van der Waals surface area (Å²) in [5.41, 5.74) is 1.80. The fourth-order valence-electron chi connectivity index (χ4n) is 2.93. The van der Waals surface area contributed by atoms with Gasteiger partial charge in [-0.1, -0.05) is 12.8 Å². The highest BCUT2D eigenvalue weighted by Gasteiger charge is 2.16. The number of thiocarbonyl (C=S) groups is 1. The van der Waals surface area contributed by atoms with E-state index in [1.165, 1.54) is 12.8 Å². The molecule has 1 fully saturated rings. The van der Waals surface area contributed by atoms with E-state index in [9.17, 15) is 0 Å². The lowest BCUT2D eigenvalue weighted by atomic mass is 10.3. The van der Waals surface area contributed by atoms with Crippen LogP contribution in [0.3, 0.4) is 0 Å². The molecular formula is C18H24N6OS. The van der Waals surface area contributed by atoms with Crippen LogP contribution >= 0.6 is 12.2 Å². The van der Waals surface area contributed by atoms with Gasteiger partial charge >= 0.3 is 0 Å². The summed E-state index contributed by atoms with van der Waals surface area (Å²) in [7, 11) is 0. The average molecular weight is 372 g/mol. The first-order chi connectivity index (χ1) is 12.6. The standard InChI is InChI=1S/C18H24N6OS/c1-12-10-13(2)21-16(20-12)23-17(22-14-6-3-4-7-14)24-18(26)19-11-15-8-5-9-25-15/h5,8-10,14H,3-4,6-7,11H2,1-2H3,(H3,19,20,21,22,23,24,26). The second-order valence-corrected chi connectivity index (χ2v) is 6.81. The van der Waals surface area contributed by atoms with E-state index in [1.54, 1.807) is 6.26 Å². The van der Waals surface area contributed by atoms with Crippen LogP contribution in [0, 0.1) is 13.8 Å². The summed E-state index contributed by atoms with van der Waals surface area (Å²) < 4.78 is 5.30. The van der Waals surface area contributed by atoms with E-state index in [4.69, 9.17) is 21.6 Å². The van der Waals surface area contributed by atoms with Gasteiger partial charge in [0.15, 0.2) is 5.11 Å². The Hall–Kier alpha value is -2.48. The van der Waals surface area contributed by atoms with Gasteiger partial charge in [-0.2, -0.15) is 0 Å². The van der Waals surface area contributed by atoms with Crippen molar-refractivity contribution in [3.8, 4) is 0 Å². The molecule has 0 amide bonds. The Labute approximate surface area is 158 Å². The van der Waals surface area contributed by atoms with Crippen molar-refractivity contribution in [3.05, 3.63) is 41.6 Å². The van der Waals surface area contributed by atoms with E-state index >= 15 is 0 Å². The van der Waals surface area contributed by atoms with Gasteiger partial charge in [-0.3, -0.25) is 5.32 Å². The molecule has 0 saturated heterocycles. The molecule has 7 nitrogen and oxygen atoms in total. The molecule has 0 spiro atoms. The number of furan rings is 1. The first kappa shape index (κ1) is 18.3. The lowest BCUT2D eigenvalue weighted by Gasteiger charge is -2.15. The maximum atomic E-state index is 5.39. The Bertz CT molecular complexity index is 748. The molecular weight excluding hydrogens is 348 g/mol. The molecule has 26 heavy (non-hydrogen) atoms. The van der Waals surface area contributed by atoms with Crippen LogP contribution in [0.1, 0.15) is 42.8 Å². The molecule has 2 heterocycles. The number of guanidine groups is 1. The van der Waals surface area contributed by atoms with Gasteiger partial charge in [-0.05, 0) is 57.1 Å². The van der Waals surface area contributed by atoms with E-state index in [2.05, 4.69) is 25.9 Å². The number of aryl methyl sites for hydroxylation is 2. The molecule has 3 N–H and O–H groups in total.